The average Bonchev–Trinajstić information content (AvgIpc) is 3.09. The van der Waals surface area contributed by atoms with Gasteiger partial charge in [0.25, 0.3) is 0 Å². The van der Waals surface area contributed by atoms with Crippen molar-refractivity contribution in [2.75, 3.05) is 0 Å². The molecule has 5 heteroatoms. The lowest BCUT2D eigenvalue weighted by atomic mass is 9.51. The molecule has 0 aromatic heterocycles. The van der Waals surface area contributed by atoms with Gasteiger partial charge in [0.1, 0.15) is 0 Å². The number of rotatable bonds is 2. The molecule has 1 saturated heterocycles. The van der Waals surface area contributed by atoms with Crippen LogP contribution in [0.4, 0.5) is 0 Å². The Morgan fingerprint density at radius 2 is 1.76 bits per heavy atom. The lowest BCUT2D eigenvalue weighted by Crippen LogP contribution is -2.59. The highest BCUT2D eigenvalue weighted by atomic mass is 16.3. The van der Waals surface area contributed by atoms with Gasteiger partial charge in [0.2, 0.25) is 5.91 Å². The number of carbonyl (C=O) groups is 1. The van der Waals surface area contributed by atoms with Crippen LogP contribution in [0.5, 0.6) is 0 Å². The summed E-state index contributed by atoms with van der Waals surface area (Å²) in [4.78, 5) is 13.8. The van der Waals surface area contributed by atoms with Gasteiger partial charge in [-0.1, -0.05) is 82.0 Å². The highest BCUT2D eigenvalue weighted by Gasteiger charge is 2.67. The zero-order chi connectivity index (χ0) is 23.9. The second kappa shape index (κ2) is 9.21. The zero-order valence-electron chi connectivity index (χ0n) is 19.8. The van der Waals surface area contributed by atoms with E-state index < -0.39 is 29.6 Å². The fourth-order valence-electron chi connectivity index (χ4n) is 6.49. The number of carbonyl (C=O) groups excluding carboxylic acids is 1. The molecule has 3 aliphatic rings. The van der Waals surface area contributed by atoms with Crippen LogP contribution in [-0.2, 0) is 11.2 Å². The Morgan fingerprint density at radius 3 is 2.45 bits per heavy atom. The minimum atomic E-state index is -1.22. The summed E-state index contributed by atoms with van der Waals surface area (Å²) in [5.41, 5.74) is 0.598. The number of benzene rings is 1. The topological polar surface area (TPSA) is 89.8 Å². The number of allylic oxidation sites excluding steroid dienone is 1. The van der Waals surface area contributed by atoms with E-state index in [9.17, 15) is 20.1 Å². The van der Waals surface area contributed by atoms with Gasteiger partial charge in [0, 0.05) is 23.8 Å². The summed E-state index contributed by atoms with van der Waals surface area (Å²) in [6, 6.07) is 9.84. The lowest BCUT2D eigenvalue weighted by Gasteiger charge is -2.51. The summed E-state index contributed by atoms with van der Waals surface area (Å²) in [6.45, 7) is 10.1. The molecule has 1 heterocycles. The molecule has 4 N–H and O–H groups in total. The second-order valence-electron chi connectivity index (χ2n) is 10.4. The number of nitrogens with one attached hydrogen (secondary N) is 1. The smallest absolute Gasteiger partial charge is 0.230 e. The van der Waals surface area contributed by atoms with E-state index in [1.807, 2.05) is 69.3 Å². The van der Waals surface area contributed by atoms with Crippen molar-refractivity contribution in [3.8, 4) is 0 Å². The van der Waals surface area contributed by atoms with Gasteiger partial charge in [0.15, 0.2) is 0 Å². The molecule has 2 fully saturated rings. The van der Waals surface area contributed by atoms with Crippen LogP contribution in [0.1, 0.15) is 32.8 Å². The first kappa shape index (κ1) is 23.9. The van der Waals surface area contributed by atoms with Gasteiger partial charge in [-0.15, -0.1) is 0 Å². The first-order chi connectivity index (χ1) is 15.7. The normalized spacial score (nSPS) is 43.4. The predicted octanol–water partition coefficient (Wildman–Crippen LogP) is 3.02. The van der Waals surface area contributed by atoms with Crippen LogP contribution in [0.2, 0.25) is 0 Å². The highest BCUT2D eigenvalue weighted by Crippen LogP contribution is 2.57. The maximum absolute atomic E-state index is 13.8. The van der Waals surface area contributed by atoms with Crippen molar-refractivity contribution in [2.24, 2.45) is 35.0 Å². The Labute approximate surface area is 196 Å². The number of hydrogen-bond acceptors (Lipinski definition) is 4. The van der Waals surface area contributed by atoms with Gasteiger partial charge >= 0.3 is 0 Å². The van der Waals surface area contributed by atoms with Gasteiger partial charge in [0.05, 0.1) is 23.7 Å². The average molecular weight is 452 g/mol. The third-order valence-corrected chi connectivity index (χ3v) is 8.45. The molecule has 1 saturated carbocycles. The van der Waals surface area contributed by atoms with Crippen molar-refractivity contribution < 1.29 is 20.1 Å². The molecule has 1 amide bonds. The molecule has 178 valence electrons. The highest BCUT2D eigenvalue weighted by molar-refractivity contribution is 5.88. The Balaban J connectivity index is 1.84. The summed E-state index contributed by atoms with van der Waals surface area (Å²) >= 11 is 0. The molecule has 4 rings (SSSR count). The summed E-state index contributed by atoms with van der Waals surface area (Å²) in [5, 5.41) is 36.8. The van der Waals surface area contributed by atoms with Gasteiger partial charge in [-0.3, -0.25) is 4.79 Å². The van der Waals surface area contributed by atoms with Crippen molar-refractivity contribution in [3.05, 3.63) is 72.4 Å². The minimum Gasteiger partial charge on any atom is -0.392 e. The van der Waals surface area contributed by atoms with Crippen LogP contribution in [0.15, 0.2) is 66.8 Å². The molecular formula is C28H37NO4. The molecule has 1 spiro atoms. The molecular weight excluding hydrogens is 414 g/mol. The number of aliphatic hydroxyl groups is 3. The first-order valence-corrected chi connectivity index (χ1v) is 12.1. The maximum atomic E-state index is 13.8. The first-order valence-electron chi connectivity index (χ1n) is 12.1. The number of hydrogen-bond donors (Lipinski definition) is 4. The maximum Gasteiger partial charge on any atom is 0.230 e. The van der Waals surface area contributed by atoms with Crippen LogP contribution in [0, 0.1) is 35.0 Å². The second-order valence-corrected chi connectivity index (χ2v) is 10.4. The summed E-state index contributed by atoms with van der Waals surface area (Å²) in [7, 11) is 0. The largest absolute Gasteiger partial charge is 0.392 e. The van der Waals surface area contributed by atoms with E-state index >= 15 is 0 Å². The zero-order valence-corrected chi connectivity index (χ0v) is 19.8. The number of amides is 1. The van der Waals surface area contributed by atoms with Crippen molar-refractivity contribution >= 4 is 5.91 Å². The molecule has 5 nitrogen and oxygen atoms in total. The van der Waals surface area contributed by atoms with Crippen molar-refractivity contribution in [3.63, 3.8) is 0 Å². The summed E-state index contributed by atoms with van der Waals surface area (Å²) in [6.07, 6.45) is 5.98. The molecule has 1 aromatic rings. The molecule has 0 bridgehead atoms. The summed E-state index contributed by atoms with van der Waals surface area (Å²) < 4.78 is 0. The van der Waals surface area contributed by atoms with E-state index in [1.54, 1.807) is 6.08 Å². The molecule has 1 aromatic carbocycles. The van der Waals surface area contributed by atoms with Gasteiger partial charge < -0.3 is 20.6 Å². The van der Waals surface area contributed by atoms with E-state index in [2.05, 4.69) is 11.9 Å². The number of aliphatic hydroxyl groups excluding tert-OH is 3. The minimum absolute atomic E-state index is 0.00832. The van der Waals surface area contributed by atoms with Gasteiger partial charge in [-0.25, -0.2) is 0 Å². The van der Waals surface area contributed by atoms with E-state index in [-0.39, 0.29) is 35.6 Å². The summed E-state index contributed by atoms with van der Waals surface area (Å²) in [5.74, 6) is -1.39. The fourth-order valence-corrected chi connectivity index (χ4v) is 6.49. The Morgan fingerprint density at radius 1 is 1.06 bits per heavy atom. The SMILES string of the molecule is C=C1[C@@H](C)[C@H]2[C@H](Cc3ccccc3)NC(=O)[C@]23[C@H](O)C=C[C@@H](C)[C@H](O)[C@@H](C)CC=C[C@H]3[C@@H]1O. The van der Waals surface area contributed by atoms with Gasteiger partial charge in [-0.2, -0.15) is 0 Å². The molecule has 0 radical (unpaired) electrons. The Hall–Kier alpha value is -2.21. The fraction of sp³-hybridized carbons (Fsp3) is 0.536. The van der Waals surface area contributed by atoms with E-state index in [4.69, 9.17) is 0 Å². The van der Waals surface area contributed by atoms with E-state index in [0.29, 0.717) is 18.4 Å². The van der Waals surface area contributed by atoms with E-state index in [1.165, 1.54) is 0 Å². The Kier molecular flexibility index (Phi) is 6.68. The Bertz CT molecular complexity index is 940. The standard InChI is InChI=1S/C28H37NO4/c1-16-9-8-12-21-26(32)19(4)18(3)24-22(15-20-10-6-5-7-11-20)29-27(33)28(21,24)23(30)14-13-17(2)25(16)31/h5-8,10-14,16-18,21-26,30-32H,4,9,15H2,1-3H3,(H,29,33)/t16-,17+,18+,21-,22-,23+,24-,25+,26+,28+/m0/s1. The molecule has 10 atom stereocenters. The molecule has 1 aliphatic heterocycles. The van der Waals surface area contributed by atoms with Crippen LogP contribution in [0.25, 0.3) is 0 Å². The predicted molar refractivity (Wildman–Crippen MR) is 129 cm³/mol. The van der Waals surface area contributed by atoms with Crippen LogP contribution < -0.4 is 5.32 Å². The monoisotopic (exact) mass is 451 g/mol. The third kappa shape index (κ3) is 3.90. The van der Waals surface area contributed by atoms with Crippen LogP contribution in [-0.4, -0.2) is 45.6 Å². The van der Waals surface area contributed by atoms with E-state index in [0.717, 1.165) is 5.56 Å². The third-order valence-electron chi connectivity index (χ3n) is 8.45. The lowest BCUT2D eigenvalue weighted by molar-refractivity contribution is -0.147. The van der Waals surface area contributed by atoms with Crippen LogP contribution >= 0.6 is 0 Å². The van der Waals surface area contributed by atoms with Crippen molar-refractivity contribution in [1.82, 2.24) is 5.32 Å². The van der Waals surface area contributed by atoms with Crippen molar-refractivity contribution in [2.45, 2.75) is 58.0 Å². The molecule has 2 aliphatic carbocycles. The quantitative estimate of drug-likeness (QED) is 0.521. The van der Waals surface area contributed by atoms with Gasteiger partial charge in [-0.05, 0) is 35.8 Å². The van der Waals surface area contributed by atoms with Crippen LogP contribution in [0.3, 0.4) is 0 Å². The molecule has 33 heavy (non-hydrogen) atoms. The van der Waals surface area contributed by atoms with Crippen molar-refractivity contribution in [1.29, 1.82) is 0 Å². The molecule has 0 unspecified atom stereocenters.